The van der Waals surface area contributed by atoms with Crippen molar-refractivity contribution in [3.63, 3.8) is 0 Å². The molecule has 1 fully saturated rings. The first-order valence-corrected chi connectivity index (χ1v) is 11.8. The Balaban J connectivity index is 1.47. The van der Waals surface area contributed by atoms with E-state index in [0.717, 1.165) is 39.1 Å². The second-order valence-electron chi connectivity index (χ2n) is 8.55. The molecular formula is C26H27N7O3. The molecule has 4 N–H and O–H groups in total. The number of carboxylic acid groups (broad SMARTS) is 1. The molecule has 1 aliphatic rings. The Kier molecular flexibility index (Phi) is 6.65. The monoisotopic (exact) mass is 485 g/mol. The number of anilines is 2. The number of piperazine rings is 1. The smallest absolute Gasteiger partial charge is 0.405 e. The van der Waals surface area contributed by atoms with E-state index < -0.39 is 6.09 Å². The predicted octanol–water partition coefficient (Wildman–Crippen LogP) is 3.15. The van der Waals surface area contributed by atoms with Crippen LogP contribution in [0.25, 0.3) is 22.2 Å². The first-order valence-electron chi connectivity index (χ1n) is 11.8. The summed E-state index contributed by atoms with van der Waals surface area (Å²) in [5.41, 5.74) is 5.92. The number of H-pyrrole nitrogens is 1. The molecule has 4 aromatic rings. The number of aromatic nitrogens is 3. The minimum atomic E-state index is -1.20. The Morgan fingerprint density at radius 1 is 1.03 bits per heavy atom. The van der Waals surface area contributed by atoms with Gasteiger partial charge in [0.1, 0.15) is 12.2 Å². The molecular weight excluding hydrogens is 458 g/mol. The highest BCUT2D eigenvalue weighted by Crippen LogP contribution is 2.40. The molecule has 0 spiro atoms. The summed E-state index contributed by atoms with van der Waals surface area (Å²) in [4.78, 5) is 39.4. The summed E-state index contributed by atoms with van der Waals surface area (Å²) in [7, 11) is 0. The Hall–Kier alpha value is -4.60. The van der Waals surface area contributed by atoms with E-state index in [-0.39, 0.29) is 12.5 Å². The molecule has 0 bridgehead atoms. The van der Waals surface area contributed by atoms with Crippen molar-refractivity contribution in [2.24, 2.45) is 0 Å². The quantitative estimate of drug-likeness (QED) is 0.317. The molecule has 5 rings (SSSR count). The summed E-state index contributed by atoms with van der Waals surface area (Å²) in [5, 5.41) is 15.5. The molecule has 2 amide bonds. The number of hydrogen-bond acceptors (Lipinski definition) is 6. The van der Waals surface area contributed by atoms with Crippen LogP contribution in [0.15, 0.2) is 67.3 Å². The highest BCUT2D eigenvalue weighted by atomic mass is 16.4. The van der Waals surface area contributed by atoms with Gasteiger partial charge in [0, 0.05) is 63.1 Å². The topological polar surface area (TPSA) is 126 Å². The highest BCUT2D eigenvalue weighted by molar-refractivity contribution is 6.06. The number of nitrogens with zero attached hydrogens (tertiary/aromatic N) is 4. The van der Waals surface area contributed by atoms with E-state index >= 15 is 0 Å². The lowest BCUT2D eigenvalue weighted by Crippen LogP contribution is -2.51. The van der Waals surface area contributed by atoms with Crippen molar-refractivity contribution in [2.45, 2.75) is 6.54 Å². The summed E-state index contributed by atoms with van der Waals surface area (Å²) >= 11 is 0. The molecule has 0 saturated carbocycles. The zero-order chi connectivity index (χ0) is 24.9. The van der Waals surface area contributed by atoms with Crippen LogP contribution in [0.3, 0.4) is 0 Å². The molecule has 3 aromatic heterocycles. The second kappa shape index (κ2) is 10.3. The number of pyridine rings is 2. The zero-order valence-corrected chi connectivity index (χ0v) is 19.6. The van der Waals surface area contributed by atoms with Gasteiger partial charge in [-0.15, -0.1) is 0 Å². The van der Waals surface area contributed by atoms with E-state index in [1.54, 1.807) is 11.1 Å². The average molecular weight is 486 g/mol. The van der Waals surface area contributed by atoms with Crippen LogP contribution < -0.4 is 15.5 Å². The minimum Gasteiger partial charge on any atom is -0.465 e. The molecule has 1 aromatic carbocycles. The van der Waals surface area contributed by atoms with Crippen molar-refractivity contribution in [3.05, 3.63) is 72.8 Å². The van der Waals surface area contributed by atoms with Crippen molar-refractivity contribution < 1.29 is 14.7 Å². The molecule has 10 nitrogen and oxygen atoms in total. The van der Waals surface area contributed by atoms with Crippen LogP contribution in [0.1, 0.15) is 5.56 Å². The summed E-state index contributed by atoms with van der Waals surface area (Å²) in [6.45, 7) is 2.64. The number of benzene rings is 1. The van der Waals surface area contributed by atoms with Crippen LogP contribution in [0.4, 0.5) is 16.2 Å². The third-order valence-electron chi connectivity index (χ3n) is 6.30. The van der Waals surface area contributed by atoms with Gasteiger partial charge in [-0.05, 0) is 17.2 Å². The first kappa shape index (κ1) is 23.2. The zero-order valence-electron chi connectivity index (χ0n) is 19.6. The van der Waals surface area contributed by atoms with E-state index in [4.69, 9.17) is 10.1 Å². The fourth-order valence-electron chi connectivity index (χ4n) is 4.52. The van der Waals surface area contributed by atoms with Gasteiger partial charge in [0.2, 0.25) is 5.91 Å². The first-order chi connectivity index (χ1) is 17.6. The maximum atomic E-state index is 12.4. The summed E-state index contributed by atoms with van der Waals surface area (Å²) < 4.78 is 0. The normalized spacial score (nSPS) is 13.6. The fraction of sp³-hybridized carbons (Fsp3) is 0.231. The van der Waals surface area contributed by atoms with Crippen molar-refractivity contribution in [2.75, 3.05) is 42.9 Å². The molecule has 184 valence electrons. The Bertz CT molecular complexity index is 1350. The number of hydrogen-bond donors (Lipinski definition) is 4. The molecule has 10 heteroatoms. The predicted molar refractivity (Wildman–Crippen MR) is 138 cm³/mol. The number of carbonyl (C=O) groups excluding carboxylic acids is 1. The number of rotatable bonds is 7. The van der Waals surface area contributed by atoms with Gasteiger partial charge in [0.25, 0.3) is 0 Å². The SMILES string of the molecule is O=C(O)NCC(=O)N1CCN(c2c(-c3ccccc3)cnc3[nH]cc(NCc4cccnc4)c23)CC1. The number of fused-ring (bicyclic) bond motifs is 1. The van der Waals surface area contributed by atoms with Crippen LogP contribution in [0.5, 0.6) is 0 Å². The standard InChI is InChI=1S/C26H27N7O3/c34-22(17-31-26(35)36)32-9-11-33(12-10-32)24-20(19-6-2-1-3-7-19)15-29-25-23(24)21(16-30-25)28-14-18-5-4-8-27-13-18/h1-8,13,15-16,28,31H,9-12,14,17H2,(H,29,30)(H,35,36). The van der Waals surface area contributed by atoms with Gasteiger partial charge in [-0.1, -0.05) is 36.4 Å². The highest BCUT2D eigenvalue weighted by Gasteiger charge is 2.26. The third kappa shape index (κ3) is 4.92. The van der Waals surface area contributed by atoms with Gasteiger partial charge in [-0.25, -0.2) is 9.78 Å². The van der Waals surface area contributed by atoms with Crippen LogP contribution in [-0.4, -0.2) is 69.7 Å². The van der Waals surface area contributed by atoms with Gasteiger partial charge >= 0.3 is 6.09 Å². The molecule has 1 saturated heterocycles. The lowest BCUT2D eigenvalue weighted by atomic mass is 10.0. The number of carbonyl (C=O) groups is 2. The lowest BCUT2D eigenvalue weighted by Gasteiger charge is -2.37. The largest absolute Gasteiger partial charge is 0.465 e. The summed E-state index contributed by atoms with van der Waals surface area (Å²) in [6.07, 6.45) is 6.22. The lowest BCUT2D eigenvalue weighted by molar-refractivity contribution is -0.130. The maximum absolute atomic E-state index is 12.4. The molecule has 0 unspecified atom stereocenters. The Morgan fingerprint density at radius 3 is 2.56 bits per heavy atom. The number of nitrogens with one attached hydrogen (secondary N) is 3. The van der Waals surface area contributed by atoms with Crippen molar-refractivity contribution >= 4 is 34.4 Å². The minimum absolute atomic E-state index is 0.218. The molecule has 36 heavy (non-hydrogen) atoms. The molecule has 4 heterocycles. The summed E-state index contributed by atoms with van der Waals surface area (Å²) in [5.74, 6) is -0.222. The van der Waals surface area contributed by atoms with E-state index in [9.17, 15) is 9.59 Å². The third-order valence-corrected chi connectivity index (χ3v) is 6.30. The van der Waals surface area contributed by atoms with E-state index in [1.165, 1.54) is 0 Å². The van der Waals surface area contributed by atoms with Crippen LogP contribution in [0, 0.1) is 0 Å². The Morgan fingerprint density at radius 2 is 1.83 bits per heavy atom. The van der Waals surface area contributed by atoms with Crippen molar-refractivity contribution in [3.8, 4) is 11.1 Å². The van der Waals surface area contributed by atoms with Crippen molar-refractivity contribution in [1.29, 1.82) is 0 Å². The number of aromatic amines is 1. The van der Waals surface area contributed by atoms with Gasteiger partial charge in [0.05, 0.1) is 16.8 Å². The van der Waals surface area contributed by atoms with E-state index in [2.05, 4.69) is 37.6 Å². The molecule has 0 atom stereocenters. The average Bonchev–Trinajstić information content (AvgIpc) is 3.34. The van der Waals surface area contributed by atoms with Crippen molar-refractivity contribution in [1.82, 2.24) is 25.2 Å². The van der Waals surface area contributed by atoms with Crippen LogP contribution in [-0.2, 0) is 11.3 Å². The van der Waals surface area contributed by atoms with E-state index in [1.807, 2.05) is 48.9 Å². The second-order valence-corrected chi connectivity index (χ2v) is 8.55. The van der Waals surface area contributed by atoms with E-state index in [0.29, 0.717) is 32.7 Å². The molecule has 0 aliphatic carbocycles. The molecule has 0 radical (unpaired) electrons. The van der Waals surface area contributed by atoms with Gasteiger partial charge in [0.15, 0.2) is 0 Å². The van der Waals surface area contributed by atoms with Gasteiger partial charge in [-0.2, -0.15) is 0 Å². The fourth-order valence-corrected chi connectivity index (χ4v) is 4.52. The summed E-state index contributed by atoms with van der Waals surface area (Å²) in [6, 6.07) is 14.1. The van der Waals surface area contributed by atoms with Crippen LogP contribution in [0.2, 0.25) is 0 Å². The maximum Gasteiger partial charge on any atom is 0.405 e. The van der Waals surface area contributed by atoms with Crippen LogP contribution >= 0.6 is 0 Å². The Labute approximate surface area is 208 Å². The number of amides is 2. The molecule has 1 aliphatic heterocycles. The van der Waals surface area contributed by atoms with Gasteiger partial charge < -0.3 is 30.5 Å². The van der Waals surface area contributed by atoms with Gasteiger partial charge in [-0.3, -0.25) is 9.78 Å².